The van der Waals surface area contributed by atoms with E-state index in [0.717, 1.165) is 36.6 Å². The molecule has 0 amide bonds. The first kappa shape index (κ1) is 17.9. The van der Waals surface area contributed by atoms with Crippen LogP contribution in [0.2, 0.25) is 0 Å². The Kier molecular flexibility index (Phi) is 7.12. The van der Waals surface area contributed by atoms with Crippen LogP contribution in [0.15, 0.2) is 6.07 Å². The lowest BCUT2D eigenvalue weighted by molar-refractivity contribution is -0.0169. The summed E-state index contributed by atoms with van der Waals surface area (Å²) < 4.78 is 11.5. The summed E-state index contributed by atoms with van der Waals surface area (Å²) in [6.07, 6.45) is 1.12. The molecule has 0 aromatic carbocycles. The van der Waals surface area contributed by atoms with Crippen molar-refractivity contribution in [2.45, 2.75) is 60.1 Å². The highest BCUT2D eigenvalue weighted by Gasteiger charge is 2.12. The van der Waals surface area contributed by atoms with E-state index in [0.29, 0.717) is 13.2 Å². The molecule has 1 aromatic heterocycles. The van der Waals surface area contributed by atoms with Crippen molar-refractivity contribution in [1.29, 1.82) is 0 Å². The highest BCUT2D eigenvalue weighted by Crippen LogP contribution is 2.21. The maximum atomic E-state index is 5.85. The molecule has 0 aliphatic heterocycles. The van der Waals surface area contributed by atoms with Crippen LogP contribution in [0.1, 0.15) is 50.9 Å². The fraction of sp³-hybridized carbons (Fsp3) is 0.706. The molecule has 4 heteroatoms. The minimum absolute atomic E-state index is 0.134. The number of ether oxygens (including phenoxy) is 2. The molecule has 0 aliphatic rings. The Labute approximate surface area is 129 Å². The van der Waals surface area contributed by atoms with Crippen molar-refractivity contribution in [3.63, 3.8) is 0 Å². The fourth-order valence-electron chi connectivity index (χ4n) is 2.04. The van der Waals surface area contributed by atoms with Gasteiger partial charge in [-0.3, -0.25) is 0 Å². The average Bonchev–Trinajstić information content (AvgIpc) is 2.36. The zero-order valence-corrected chi connectivity index (χ0v) is 14.4. The third-order valence-electron chi connectivity index (χ3n) is 3.02. The number of rotatable bonds is 8. The highest BCUT2D eigenvalue weighted by molar-refractivity contribution is 5.35. The number of hydrogen-bond donors (Lipinski definition) is 1. The lowest BCUT2D eigenvalue weighted by Gasteiger charge is -2.20. The quantitative estimate of drug-likeness (QED) is 0.746. The van der Waals surface area contributed by atoms with Crippen molar-refractivity contribution in [2.24, 2.45) is 0 Å². The highest BCUT2D eigenvalue weighted by atomic mass is 16.5. The van der Waals surface area contributed by atoms with E-state index in [2.05, 4.69) is 30.2 Å². The van der Waals surface area contributed by atoms with Gasteiger partial charge in [0.2, 0.25) is 5.88 Å². The Hall–Kier alpha value is -1.13. The van der Waals surface area contributed by atoms with Crippen LogP contribution >= 0.6 is 0 Å². The third kappa shape index (κ3) is 6.91. The number of aryl methyl sites for hydroxylation is 2. The average molecular weight is 294 g/mol. The first-order valence-corrected chi connectivity index (χ1v) is 7.78. The van der Waals surface area contributed by atoms with Crippen LogP contribution in [-0.4, -0.2) is 30.3 Å². The fourth-order valence-corrected chi connectivity index (χ4v) is 2.04. The van der Waals surface area contributed by atoms with Gasteiger partial charge in [-0.15, -0.1) is 0 Å². The molecule has 0 atom stereocenters. The van der Waals surface area contributed by atoms with Crippen molar-refractivity contribution in [1.82, 2.24) is 10.3 Å². The number of hydrogen-bond acceptors (Lipinski definition) is 4. The van der Waals surface area contributed by atoms with Crippen molar-refractivity contribution in [2.75, 3.05) is 19.8 Å². The largest absolute Gasteiger partial charge is 0.475 e. The number of aromatic nitrogens is 1. The van der Waals surface area contributed by atoms with Crippen LogP contribution in [0.3, 0.4) is 0 Å². The summed E-state index contributed by atoms with van der Waals surface area (Å²) in [6.45, 7) is 15.3. The summed E-state index contributed by atoms with van der Waals surface area (Å²) >= 11 is 0. The van der Waals surface area contributed by atoms with E-state index in [1.807, 2.05) is 27.7 Å². The third-order valence-corrected chi connectivity index (χ3v) is 3.02. The van der Waals surface area contributed by atoms with Crippen LogP contribution in [-0.2, 0) is 11.3 Å². The van der Waals surface area contributed by atoms with Gasteiger partial charge in [0.15, 0.2) is 0 Å². The van der Waals surface area contributed by atoms with Gasteiger partial charge in [-0.1, -0.05) is 6.92 Å². The molecular weight excluding hydrogens is 264 g/mol. The summed E-state index contributed by atoms with van der Waals surface area (Å²) in [7, 11) is 0. The van der Waals surface area contributed by atoms with Gasteiger partial charge in [0, 0.05) is 17.8 Å². The molecule has 0 unspecified atom stereocenters. The van der Waals surface area contributed by atoms with Gasteiger partial charge in [-0.05, 0) is 59.2 Å². The maximum absolute atomic E-state index is 5.85. The lowest BCUT2D eigenvalue weighted by Crippen LogP contribution is -2.23. The first-order valence-electron chi connectivity index (χ1n) is 7.78. The Balaban J connectivity index is 2.65. The van der Waals surface area contributed by atoms with Crippen LogP contribution in [0, 0.1) is 13.8 Å². The van der Waals surface area contributed by atoms with Crippen molar-refractivity contribution < 1.29 is 9.47 Å². The molecule has 4 nitrogen and oxygen atoms in total. The molecule has 1 heterocycles. The molecule has 120 valence electrons. The minimum atomic E-state index is -0.134. The predicted molar refractivity (Wildman–Crippen MR) is 86.9 cm³/mol. The Morgan fingerprint density at radius 1 is 1.19 bits per heavy atom. The molecule has 0 saturated carbocycles. The van der Waals surface area contributed by atoms with Crippen LogP contribution < -0.4 is 10.1 Å². The van der Waals surface area contributed by atoms with Gasteiger partial charge < -0.3 is 14.8 Å². The van der Waals surface area contributed by atoms with E-state index in [4.69, 9.17) is 9.47 Å². The molecule has 0 bridgehead atoms. The zero-order valence-electron chi connectivity index (χ0n) is 14.4. The molecule has 1 rings (SSSR count). The van der Waals surface area contributed by atoms with E-state index in [1.54, 1.807) is 0 Å². The number of pyridine rings is 1. The van der Waals surface area contributed by atoms with Gasteiger partial charge in [0.25, 0.3) is 0 Å². The number of nitrogens with one attached hydrogen (secondary N) is 1. The zero-order chi connectivity index (χ0) is 15.9. The second kappa shape index (κ2) is 8.35. The summed E-state index contributed by atoms with van der Waals surface area (Å²) in [5.41, 5.74) is 3.21. The van der Waals surface area contributed by atoms with Gasteiger partial charge in [-0.25, -0.2) is 4.98 Å². The molecule has 0 spiro atoms. The van der Waals surface area contributed by atoms with Gasteiger partial charge >= 0.3 is 0 Å². The van der Waals surface area contributed by atoms with Crippen molar-refractivity contribution in [3.05, 3.63) is 22.9 Å². The minimum Gasteiger partial charge on any atom is -0.475 e. The summed E-state index contributed by atoms with van der Waals surface area (Å²) in [4.78, 5) is 4.53. The Bertz CT molecular complexity index is 439. The molecule has 1 N–H and O–H groups in total. The van der Waals surface area contributed by atoms with E-state index >= 15 is 0 Å². The topological polar surface area (TPSA) is 43.4 Å². The summed E-state index contributed by atoms with van der Waals surface area (Å²) in [5.74, 6) is 0.730. The predicted octanol–water partition coefficient (Wildman–Crippen LogP) is 3.39. The normalized spacial score (nSPS) is 11.7. The molecule has 21 heavy (non-hydrogen) atoms. The standard InChI is InChI=1S/C17H30N2O2/c1-7-8-18-12-15-13(2)11-14(3)19-16(15)20-9-10-21-17(4,5)6/h11,18H,7-10,12H2,1-6H3. The number of nitrogens with zero attached hydrogens (tertiary/aromatic N) is 1. The van der Waals surface area contributed by atoms with Crippen LogP contribution in [0.25, 0.3) is 0 Å². The Morgan fingerprint density at radius 3 is 2.52 bits per heavy atom. The first-order chi connectivity index (χ1) is 9.83. The molecule has 0 fully saturated rings. The Morgan fingerprint density at radius 2 is 1.90 bits per heavy atom. The molecule has 0 radical (unpaired) electrons. The molecular formula is C17H30N2O2. The maximum Gasteiger partial charge on any atom is 0.218 e. The lowest BCUT2D eigenvalue weighted by atomic mass is 10.1. The van der Waals surface area contributed by atoms with Crippen LogP contribution in [0.4, 0.5) is 0 Å². The molecule has 0 saturated heterocycles. The van der Waals surface area contributed by atoms with E-state index in [1.165, 1.54) is 5.56 Å². The molecule has 1 aromatic rings. The second-order valence-corrected chi connectivity index (χ2v) is 6.35. The van der Waals surface area contributed by atoms with E-state index < -0.39 is 0 Å². The SMILES string of the molecule is CCCNCc1c(C)cc(C)nc1OCCOC(C)(C)C. The van der Waals surface area contributed by atoms with Gasteiger partial charge in [0.05, 0.1) is 12.2 Å². The second-order valence-electron chi connectivity index (χ2n) is 6.35. The van der Waals surface area contributed by atoms with Crippen LogP contribution in [0.5, 0.6) is 5.88 Å². The van der Waals surface area contributed by atoms with Gasteiger partial charge in [-0.2, -0.15) is 0 Å². The van der Waals surface area contributed by atoms with Gasteiger partial charge in [0.1, 0.15) is 6.61 Å². The summed E-state index contributed by atoms with van der Waals surface area (Å²) in [6, 6.07) is 2.10. The smallest absolute Gasteiger partial charge is 0.218 e. The molecule has 0 aliphatic carbocycles. The van der Waals surface area contributed by atoms with E-state index in [-0.39, 0.29) is 5.60 Å². The monoisotopic (exact) mass is 294 g/mol. The van der Waals surface area contributed by atoms with Crippen molar-refractivity contribution >= 4 is 0 Å². The summed E-state index contributed by atoms with van der Waals surface area (Å²) in [5, 5.41) is 3.42. The van der Waals surface area contributed by atoms with E-state index in [9.17, 15) is 0 Å². The van der Waals surface area contributed by atoms with Crippen molar-refractivity contribution in [3.8, 4) is 5.88 Å².